The zero-order chi connectivity index (χ0) is 16.5. The number of halogens is 1. The molecule has 0 aliphatic carbocycles. The SMILES string of the molecule is CC(C)(C)OC(=O)N1[C@@H](Cc2ccc(I)cc2)COS1(=O)=O. The summed E-state index contributed by atoms with van der Waals surface area (Å²) in [4.78, 5) is 12.2. The van der Waals surface area contributed by atoms with E-state index in [1.807, 2.05) is 24.3 Å². The summed E-state index contributed by atoms with van der Waals surface area (Å²) < 4.78 is 35.6. The van der Waals surface area contributed by atoms with E-state index < -0.39 is 28.0 Å². The number of hydrogen-bond donors (Lipinski definition) is 0. The van der Waals surface area contributed by atoms with E-state index in [9.17, 15) is 13.2 Å². The molecule has 22 heavy (non-hydrogen) atoms. The van der Waals surface area contributed by atoms with Crippen molar-refractivity contribution in [1.82, 2.24) is 4.31 Å². The van der Waals surface area contributed by atoms with Gasteiger partial charge in [0.05, 0.1) is 12.6 Å². The minimum Gasteiger partial charge on any atom is -0.443 e. The highest BCUT2D eigenvalue weighted by atomic mass is 127. The van der Waals surface area contributed by atoms with Gasteiger partial charge in [-0.05, 0) is 67.5 Å². The number of benzene rings is 1. The maximum atomic E-state index is 12.2. The first-order valence-corrected chi connectivity index (χ1v) is 9.19. The summed E-state index contributed by atoms with van der Waals surface area (Å²) in [5, 5.41) is 0. The van der Waals surface area contributed by atoms with Crippen LogP contribution in [0.1, 0.15) is 26.3 Å². The van der Waals surface area contributed by atoms with Gasteiger partial charge < -0.3 is 4.74 Å². The Morgan fingerprint density at radius 2 is 1.95 bits per heavy atom. The van der Waals surface area contributed by atoms with Crippen LogP contribution in [0.15, 0.2) is 24.3 Å². The lowest BCUT2D eigenvalue weighted by atomic mass is 10.1. The van der Waals surface area contributed by atoms with Gasteiger partial charge in [0.25, 0.3) is 0 Å². The van der Waals surface area contributed by atoms with Crippen molar-refractivity contribution in [2.45, 2.75) is 38.8 Å². The molecule has 1 atom stereocenters. The highest BCUT2D eigenvalue weighted by Gasteiger charge is 2.44. The molecule has 8 heteroatoms. The standard InChI is InChI=1S/C14H18INO5S/c1-14(2,3)21-13(17)16-12(9-20-22(16,18)19)8-10-4-6-11(15)7-5-10/h4-7,12H,8-9H2,1-3H3/t12-/m0/s1. The summed E-state index contributed by atoms with van der Waals surface area (Å²) in [6.45, 7) is 4.99. The predicted octanol–water partition coefficient (Wildman–Crippen LogP) is 2.71. The van der Waals surface area contributed by atoms with Crippen LogP contribution in [0.25, 0.3) is 0 Å². The molecular formula is C14H18INO5S. The third-order valence-corrected chi connectivity index (χ3v) is 5.02. The molecule has 0 aromatic heterocycles. The molecule has 1 aliphatic heterocycles. The number of carbonyl (C=O) groups is 1. The first kappa shape index (κ1) is 17.5. The molecule has 0 N–H and O–H groups in total. The topological polar surface area (TPSA) is 72.9 Å². The number of carbonyl (C=O) groups excluding carboxylic acids is 1. The van der Waals surface area contributed by atoms with E-state index in [2.05, 4.69) is 22.6 Å². The van der Waals surface area contributed by atoms with Crippen molar-refractivity contribution in [3.05, 3.63) is 33.4 Å². The lowest BCUT2D eigenvalue weighted by Gasteiger charge is -2.25. The average molecular weight is 439 g/mol. The summed E-state index contributed by atoms with van der Waals surface area (Å²) in [5.74, 6) is 0. The van der Waals surface area contributed by atoms with Crippen LogP contribution in [0.2, 0.25) is 0 Å². The average Bonchev–Trinajstić information content (AvgIpc) is 2.65. The Balaban J connectivity index is 2.19. The summed E-state index contributed by atoms with van der Waals surface area (Å²) in [5.41, 5.74) is 0.155. The van der Waals surface area contributed by atoms with Crippen LogP contribution in [0.4, 0.5) is 4.79 Å². The third kappa shape index (κ3) is 4.32. The van der Waals surface area contributed by atoms with Crippen molar-refractivity contribution in [2.75, 3.05) is 6.61 Å². The molecule has 1 saturated heterocycles. The Kier molecular flexibility index (Phi) is 5.03. The van der Waals surface area contributed by atoms with Gasteiger partial charge in [-0.1, -0.05) is 12.1 Å². The molecule has 1 amide bonds. The fourth-order valence-corrected chi connectivity index (χ4v) is 3.58. The number of hydrogen-bond acceptors (Lipinski definition) is 5. The van der Waals surface area contributed by atoms with Crippen LogP contribution in [0.3, 0.4) is 0 Å². The Morgan fingerprint density at radius 3 is 2.50 bits per heavy atom. The van der Waals surface area contributed by atoms with Gasteiger partial charge in [0.15, 0.2) is 0 Å². The highest BCUT2D eigenvalue weighted by molar-refractivity contribution is 14.1. The highest BCUT2D eigenvalue weighted by Crippen LogP contribution is 2.25. The lowest BCUT2D eigenvalue weighted by molar-refractivity contribution is 0.0357. The monoisotopic (exact) mass is 439 g/mol. The minimum absolute atomic E-state index is 0.0619. The summed E-state index contributed by atoms with van der Waals surface area (Å²) >= 11 is 2.19. The molecule has 1 fully saturated rings. The summed E-state index contributed by atoms with van der Waals surface area (Å²) in [6, 6.07) is 7.07. The smallest absolute Gasteiger partial charge is 0.426 e. The van der Waals surface area contributed by atoms with Gasteiger partial charge in [0, 0.05) is 3.57 Å². The van der Waals surface area contributed by atoms with E-state index in [1.54, 1.807) is 20.8 Å². The van der Waals surface area contributed by atoms with Crippen molar-refractivity contribution in [3.63, 3.8) is 0 Å². The number of ether oxygens (including phenoxy) is 1. The number of nitrogens with zero attached hydrogens (tertiary/aromatic N) is 1. The van der Waals surface area contributed by atoms with Crippen LogP contribution in [0, 0.1) is 3.57 Å². The zero-order valence-electron chi connectivity index (χ0n) is 12.6. The quantitative estimate of drug-likeness (QED) is 0.663. The van der Waals surface area contributed by atoms with Gasteiger partial charge in [0.1, 0.15) is 5.60 Å². The Hall–Kier alpha value is -0.870. The second-order valence-corrected chi connectivity index (χ2v) is 8.73. The molecule has 0 unspecified atom stereocenters. The molecule has 1 aliphatic rings. The van der Waals surface area contributed by atoms with Gasteiger partial charge in [-0.2, -0.15) is 12.7 Å². The fourth-order valence-electron chi connectivity index (χ4n) is 2.05. The predicted molar refractivity (Wildman–Crippen MR) is 89.6 cm³/mol. The van der Waals surface area contributed by atoms with Gasteiger partial charge in [0.2, 0.25) is 0 Å². The van der Waals surface area contributed by atoms with Crippen molar-refractivity contribution < 1.29 is 22.1 Å². The molecule has 0 spiro atoms. The Morgan fingerprint density at radius 1 is 1.36 bits per heavy atom. The zero-order valence-corrected chi connectivity index (χ0v) is 15.5. The van der Waals surface area contributed by atoms with Gasteiger partial charge in [-0.3, -0.25) is 4.18 Å². The maximum Gasteiger partial charge on any atom is 0.426 e. The van der Waals surface area contributed by atoms with E-state index in [4.69, 9.17) is 8.92 Å². The van der Waals surface area contributed by atoms with E-state index in [0.717, 1.165) is 9.13 Å². The second kappa shape index (κ2) is 6.32. The molecule has 1 aromatic carbocycles. The molecule has 2 rings (SSSR count). The summed E-state index contributed by atoms with van der Waals surface area (Å²) in [7, 11) is -4.08. The fraction of sp³-hybridized carbons (Fsp3) is 0.500. The number of rotatable bonds is 2. The molecule has 0 radical (unpaired) electrons. The van der Waals surface area contributed by atoms with Gasteiger partial charge >= 0.3 is 16.4 Å². The van der Waals surface area contributed by atoms with E-state index >= 15 is 0 Å². The van der Waals surface area contributed by atoms with E-state index in [0.29, 0.717) is 10.7 Å². The van der Waals surface area contributed by atoms with Crippen LogP contribution in [-0.4, -0.2) is 37.1 Å². The van der Waals surface area contributed by atoms with Crippen LogP contribution in [-0.2, 0) is 25.6 Å². The minimum atomic E-state index is -4.08. The van der Waals surface area contributed by atoms with Crippen molar-refractivity contribution in [1.29, 1.82) is 0 Å². The van der Waals surface area contributed by atoms with Gasteiger partial charge in [-0.25, -0.2) is 4.79 Å². The molecule has 1 heterocycles. The normalized spacial score (nSPS) is 20.9. The van der Waals surface area contributed by atoms with Crippen molar-refractivity contribution in [2.24, 2.45) is 0 Å². The van der Waals surface area contributed by atoms with Crippen LogP contribution < -0.4 is 0 Å². The number of amides is 1. The molecular weight excluding hydrogens is 421 g/mol. The van der Waals surface area contributed by atoms with Crippen LogP contribution in [0.5, 0.6) is 0 Å². The molecule has 0 saturated carbocycles. The Labute approximate surface area is 144 Å². The van der Waals surface area contributed by atoms with Gasteiger partial charge in [-0.15, -0.1) is 0 Å². The first-order valence-electron chi connectivity index (χ1n) is 6.75. The summed E-state index contributed by atoms with van der Waals surface area (Å²) in [6.07, 6.45) is -0.518. The van der Waals surface area contributed by atoms with Crippen molar-refractivity contribution >= 4 is 39.0 Å². The maximum absolute atomic E-state index is 12.2. The molecule has 122 valence electrons. The largest absolute Gasteiger partial charge is 0.443 e. The Bertz CT molecular complexity index is 651. The lowest BCUT2D eigenvalue weighted by Crippen LogP contribution is -2.43. The first-order chi connectivity index (χ1) is 10.1. The van der Waals surface area contributed by atoms with E-state index in [1.165, 1.54) is 0 Å². The molecule has 6 nitrogen and oxygen atoms in total. The van der Waals surface area contributed by atoms with Crippen LogP contribution >= 0.6 is 22.6 Å². The van der Waals surface area contributed by atoms with Crippen molar-refractivity contribution in [3.8, 4) is 0 Å². The third-order valence-electron chi connectivity index (χ3n) is 2.94. The molecule has 0 bridgehead atoms. The molecule has 1 aromatic rings. The second-order valence-electron chi connectivity index (χ2n) is 6.00. The van der Waals surface area contributed by atoms with E-state index in [-0.39, 0.29) is 6.61 Å².